The predicted molar refractivity (Wildman–Crippen MR) is 61.6 cm³/mol. The van der Waals surface area contributed by atoms with Crippen LogP contribution >= 0.6 is 11.1 Å². The first-order valence-corrected chi connectivity index (χ1v) is 9.40. The second kappa shape index (κ2) is 3.43. The smallest absolute Gasteiger partial charge is 0.153 e. The van der Waals surface area contributed by atoms with Gasteiger partial charge in [-0.25, -0.2) is 0 Å². The van der Waals surface area contributed by atoms with Gasteiger partial charge in [-0.3, -0.25) is 0 Å². The molecule has 1 fully saturated rings. The topological polar surface area (TPSA) is 0 Å². The van der Waals surface area contributed by atoms with E-state index in [0.717, 1.165) is 17.8 Å². The summed E-state index contributed by atoms with van der Waals surface area (Å²) in [6, 6.07) is 2.57. The van der Waals surface area contributed by atoms with Gasteiger partial charge in [-0.15, -0.1) is 0 Å². The fourth-order valence-corrected chi connectivity index (χ4v) is 5.27. The van der Waals surface area contributed by atoms with Crippen molar-refractivity contribution in [1.82, 2.24) is 0 Å². The average Bonchev–Trinajstić information content (AvgIpc) is 2.64. The summed E-state index contributed by atoms with van der Waals surface area (Å²) in [6.07, 6.45) is 7.71. The van der Waals surface area contributed by atoms with Crippen molar-refractivity contribution < 1.29 is 0 Å². The molecule has 0 N–H and O–H groups in total. The Kier molecular flexibility index (Phi) is 2.58. The fraction of sp³-hybridized carbons (Fsp3) is 0.818. The normalized spacial score (nSPS) is 41.0. The minimum atomic E-state index is -1.34. The van der Waals surface area contributed by atoms with Gasteiger partial charge in [0.15, 0.2) is 7.38 Å². The molecule has 0 heterocycles. The third kappa shape index (κ3) is 2.02. The van der Waals surface area contributed by atoms with Crippen molar-refractivity contribution in [3.8, 4) is 0 Å². The molecule has 0 aromatic carbocycles. The van der Waals surface area contributed by atoms with Crippen molar-refractivity contribution in [2.24, 2.45) is 17.8 Å². The van der Waals surface area contributed by atoms with Crippen molar-refractivity contribution in [2.45, 2.75) is 38.4 Å². The molecule has 1 saturated carbocycles. The Morgan fingerprint density at radius 1 is 1.38 bits per heavy atom. The highest BCUT2D eigenvalue weighted by atomic mass is 35.6. The van der Waals surface area contributed by atoms with Crippen molar-refractivity contribution in [3.63, 3.8) is 0 Å². The maximum atomic E-state index is 6.55. The van der Waals surface area contributed by atoms with Crippen LogP contribution in [-0.2, 0) is 0 Å². The van der Waals surface area contributed by atoms with Gasteiger partial charge < -0.3 is 0 Å². The molecule has 0 aromatic heterocycles. The van der Waals surface area contributed by atoms with Gasteiger partial charge in [0, 0.05) is 0 Å². The van der Waals surface area contributed by atoms with Crippen molar-refractivity contribution in [3.05, 3.63) is 12.2 Å². The molecule has 2 rings (SSSR count). The Bertz CT molecular complexity index is 222. The quantitative estimate of drug-likeness (QED) is 0.378. The summed E-state index contributed by atoms with van der Waals surface area (Å²) >= 11 is 6.55. The van der Waals surface area contributed by atoms with Gasteiger partial charge in [0.05, 0.1) is 0 Å². The van der Waals surface area contributed by atoms with Gasteiger partial charge >= 0.3 is 0 Å². The summed E-state index contributed by atoms with van der Waals surface area (Å²) in [6.45, 7) is 4.58. The van der Waals surface area contributed by atoms with E-state index in [1.54, 1.807) is 0 Å². The van der Waals surface area contributed by atoms with Crippen LogP contribution in [0.25, 0.3) is 0 Å². The van der Waals surface area contributed by atoms with Crippen LogP contribution in [0.4, 0.5) is 0 Å². The zero-order chi connectivity index (χ0) is 9.47. The lowest BCUT2D eigenvalue weighted by atomic mass is 9.96. The molecule has 0 spiro atoms. The molecule has 0 saturated heterocycles. The number of rotatable bonds is 3. The van der Waals surface area contributed by atoms with Gasteiger partial charge in [0.1, 0.15) is 0 Å². The Hall–Kier alpha value is 0.247. The Morgan fingerprint density at radius 2 is 2.15 bits per heavy atom. The predicted octanol–water partition coefficient (Wildman–Crippen LogP) is 4.03. The van der Waals surface area contributed by atoms with E-state index in [0.29, 0.717) is 0 Å². The third-order valence-electron chi connectivity index (χ3n) is 3.84. The highest BCUT2D eigenvalue weighted by molar-refractivity contribution is 7.19. The van der Waals surface area contributed by atoms with Gasteiger partial charge in [0.2, 0.25) is 0 Å². The lowest BCUT2D eigenvalue weighted by Gasteiger charge is -2.25. The molecule has 2 aliphatic rings. The Morgan fingerprint density at radius 3 is 2.62 bits per heavy atom. The molecular formula is C11H19ClSi. The third-order valence-corrected chi connectivity index (χ3v) is 7.96. The molecule has 0 aliphatic heterocycles. The van der Waals surface area contributed by atoms with Gasteiger partial charge in [-0.2, -0.15) is 11.1 Å². The average molecular weight is 215 g/mol. The standard InChI is InChI=1S/C11H19ClSi/c1-3-13(2,12)8-11-7-9-4-5-10(11)6-9/h4-5,9-11H,3,6-8H2,1-2H3. The van der Waals surface area contributed by atoms with E-state index in [2.05, 4.69) is 25.6 Å². The van der Waals surface area contributed by atoms with Crippen LogP contribution in [0, 0.1) is 17.8 Å². The fourth-order valence-electron chi connectivity index (χ4n) is 2.82. The number of hydrogen-bond donors (Lipinski definition) is 0. The van der Waals surface area contributed by atoms with Crippen LogP contribution in [0.3, 0.4) is 0 Å². The zero-order valence-electron chi connectivity index (χ0n) is 8.59. The Labute approximate surface area is 87.1 Å². The molecule has 0 nitrogen and oxygen atoms in total. The van der Waals surface area contributed by atoms with Crippen molar-refractivity contribution in [2.75, 3.05) is 0 Å². The first kappa shape index (κ1) is 9.79. The lowest BCUT2D eigenvalue weighted by molar-refractivity contribution is 0.488. The molecule has 0 aromatic rings. The summed E-state index contributed by atoms with van der Waals surface area (Å²) in [5, 5.41) is 0. The van der Waals surface area contributed by atoms with E-state index in [-0.39, 0.29) is 0 Å². The summed E-state index contributed by atoms with van der Waals surface area (Å²) < 4.78 is 0. The SMILES string of the molecule is CC[Si](C)(Cl)CC1CC2C=CC1C2. The van der Waals surface area contributed by atoms with E-state index >= 15 is 0 Å². The molecule has 74 valence electrons. The summed E-state index contributed by atoms with van der Waals surface area (Å²) in [5.74, 6) is 2.74. The number of fused-ring (bicyclic) bond motifs is 2. The molecule has 0 amide bonds. The van der Waals surface area contributed by atoms with Crippen LogP contribution in [-0.4, -0.2) is 7.38 Å². The number of allylic oxidation sites excluding steroid dienone is 2. The molecule has 2 heteroatoms. The summed E-state index contributed by atoms with van der Waals surface area (Å²) in [7, 11) is -1.34. The number of hydrogen-bond acceptors (Lipinski definition) is 0. The van der Waals surface area contributed by atoms with Gasteiger partial charge in [-0.05, 0) is 42.7 Å². The second-order valence-electron chi connectivity index (χ2n) is 5.01. The second-order valence-corrected chi connectivity index (χ2v) is 11.7. The van der Waals surface area contributed by atoms with Crippen molar-refractivity contribution >= 4 is 18.5 Å². The first-order chi connectivity index (χ1) is 6.11. The molecule has 4 unspecified atom stereocenters. The summed E-state index contributed by atoms with van der Waals surface area (Å²) in [4.78, 5) is 0. The van der Waals surface area contributed by atoms with E-state index in [1.165, 1.54) is 24.9 Å². The van der Waals surface area contributed by atoms with Crippen LogP contribution in [0.2, 0.25) is 18.6 Å². The van der Waals surface area contributed by atoms with Gasteiger partial charge in [0.25, 0.3) is 0 Å². The molecule has 2 aliphatic carbocycles. The molecular weight excluding hydrogens is 196 g/mol. The first-order valence-electron chi connectivity index (χ1n) is 5.48. The minimum Gasteiger partial charge on any atom is -0.167 e. The molecule has 0 radical (unpaired) electrons. The van der Waals surface area contributed by atoms with Crippen LogP contribution in [0.5, 0.6) is 0 Å². The van der Waals surface area contributed by atoms with Crippen LogP contribution in [0.15, 0.2) is 12.2 Å². The Balaban J connectivity index is 1.94. The lowest BCUT2D eigenvalue weighted by Crippen LogP contribution is -2.26. The maximum absolute atomic E-state index is 6.55. The highest BCUT2D eigenvalue weighted by Crippen LogP contribution is 2.47. The largest absolute Gasteiger partial charge is 0.167 e. The summed E-state index contributed by atoms with van der Waals surface area (Å²) in [5.41, 5.74) is 0. The monoisotopic (exact) mass is 214 g/mol. The van der Waals surface area contributed by atoms with E-state index in [1.807, 2.05) is 0 Å². The molecule has 13 heavy (non-hydrogen) atoms. The number of halogens is 1. The zero-order valence-corrected chi connectivity index (χ0v) is 10.3. The van der Waals surface area contributed by atoms with E-state index in [9.17, 15) is 0 Å². The van der Waals surface area contributed by atoms with Crippen molar-refractivity contribution in [1.29, 1.82) is 0 Å². The highest BCUT2D eigenvalue weighted by Gasteiger charge is 2.39. The molecule has 2 bridgehead atoms. The van der Waals surface area contributed by atoms with E-state index in [4.69, 9.17) is 11.1 Å². The van der Waals surface area contributed by atoms with Crippen LogP contribution in [0.1, 0.15) is 19.8 Å². The van der Waals surface area contributed by atoms with Gasteiger partial charge in [-0.1, -0.05) is 25.6 Å². The van der Waals surface area contributed by atoms with Crippen LogP contribution < -0.4 is 0 Å². The minimum absolute atomic E-state index is 0.891. The maximum Gasteiger partial charge on any atom is 0.153 e. The van der Waals surface area contributed by atoms with E-state index < -0.39 is 7.38 Å². The molecule has 4 atom stereocenters.